The third-order valence-corrected chi connectivity index (χ3v) is 4.71. The molecule has 1 N–H and O–H groups in total. The second-order valence-corrected chi connectivity index (χ2v) is 6.55. The number of hydrogen-bond donors (Lipinski definition) is 1. The van der Waals surface area contributed by atoms with Crippen molar-refractivity contribution in [1.82, 2.24) is 9.88 Å². The van der Waals surface area contributed by atoms with Gasteiger partial charge in [-0.15, -0.1) is 17.9 Å². The van der Waals surface area contributed by atoms with Gasteiger partial charge in [-0.2, -0.15) is 0 Å². The molecular weight excluding hydrogens is 358 g/mol. The molecule has 142 valence electrons. The van der Waals surface area contributed by atoms with Crippen molar-refractivity contribution in [3.63, 3.8) is 0 Å². The van der Waals surface area contributed by atoms with Crippen molar-refractivity contribution in [3.8, 4) is 0 Å². The fraction of sp³-hybridized carbons (Fsp3) is 0.529. The number of carbonyl (C=O) groups is 3. The van der Waals surface area contributed by atoms with Gasteiger partial charge in [-0.1, -0.05) is 6.08 Å². The number of nitrogens with one attached hydrogen (secondary N) is 1. The lowest BCUT2D eigenvalue weighted by atomic mass is 9.97. The van der Waals surface area contributed by atoms with E-state index in [1.54, 1.807) is 23.3 Å². The van der Waals surface area contributed by atoms with Gasteiger partial charge in [-0.3, -0.25) is 9.59 Å². The number of hydrogen-bond acceptors (Lipinski definition) is 8. The Bertz CT molecular complexity index is 653. The van der Waals surface area contributed by atoms with Gasteiger partial charge < -0.3 is 19.7 Å². The highest BCUT2D eigenvalue weighted by molar-refractivity contribution is 7.13. The lowest BCUT2D eigenvalue weighted by Crippen LogP contribution is -2.42. The highest BCUT2D eigenvalue weighted by atomic mass is 32.1. The van der Waals surface area contributed by atoms with Gasteiger partial charge in [0.1, 0.15) is 0 Å². The number of aromatic nitrogens is 1. The number of anilines is 1. The number of nitrogens with zero attached hydrogens (tertiary/aromatic N) is 2. The summed E-state index contributed by atoms with van der Waals surface area (Å²) in [5.74, 6) is -1.29. The minimum atomic E-state index is -0.636. The molecule has 1 aliphatic rings. The minimum absolute atomic E-state index is 0.162. The smallest absolute Gasteiger partial charge is 0.358 e. The maximum atomic E-state index is 12.2. The number of rotatable bonds is 8. The van der Waals surface area contributed by atoms with Gasteiger partial charge in [0.05, 0.1) is 12.5 Å². The van der Waals surface area contributed by atoms with Crippen molar-refractivity contribution in [1.29, 1.82) is 0 Å². The van der Waals surface area contributed by atoms with Crippen molar-refractivity contribution in [3.05, 3.63) is 23.7 Å². The lowest BCUT2D eigenvalue weighted by Gasteiger charge is -2.30. The quantitative estimate of drug-likeness (QED) is 0.540. The zero-order valence-corrected chi connectivity index (χ0v) is 15.5. The summed E-state index contributed by atoms with van der Waals surface area (Å²) in [4.78, 5) is 41.5. The van der Waals surface area contributed by atoms with Crippen LogP contribution in [0.2, 0.25) is 0 Å². The van der Waals surface area contributed by atoms with Crippen LogP contribution in [0.1, 0.15) is 30.3 Å². The van der Waals surface area contributed by atoms with E-state index in [0.29, 0.717) is 44.2 Å². The van der Waals surface area contributed by atoms with Gasteiger partial charge >= 0.3 is 11.9 Å². The molecule has 0 radical (unpaired) electrons. The summed E-state index contributed by atoms with van der Waals surface area (Å²) in [6, 6.07) is 0. The van der Waals surface area contributed by atoms with E-state index in [4.69, 9.17) is 9.47 Å². The Kier molecular flexibility index (Phi) is 7.58. The second kappa shape index (κ2) is 9.91. The van der Waals surface area contributed by atoms with Crippen LogP contribution in [0.3, 0.4) is 0 Å². The van der Waals surface area contributed by atoms with E-state index in [1.807, 2.05) is 0 Å². The molecule has 1 fully saturated rings. The number of amides is 1. The largest absolute Gasteiger partial charge is 0.466 e. The molecule has 1 amide bonds. The molecule has 0 spiro atoms. The van der Waals surface area contributed by atoms with Crippen LogP contribution in [0.5, 0.6) is 0 Å². The van der Waals surface area contributed by atoms with Gasteiger partial charge in [-0.05, 0) is 19.8 Å². The van der Waals surface area contributed by atoms with E-state index < -0.39 is 5.97 Å². The van der Waals surface area contributed by atoms with Gasteiger partial charge in [-0.25, -0.2) is 9.78 Å². The van der Waals surface area contributed by atoms with Crippen LogP contribution in [0.25, 0.3) is 0 Å². The maximum absolute atomic E-state index is 12.2. The Morgan fingerprint density at radius 3 is 2.77 bits per heavy atom. The van der Waals surface area contributed by atoms with Crippen molar-refractivity contribution in [2.24, 2.45) is 5.92 Å². The average Bonchev–Trinajstić information content (AvgIpc) is 3.13. The third kappa shape index (κ3) is 5.55. The predicted molar refractivity (Wildman–Crippen MR) is 97.0 cm³/mol. The first-order valence-electron chi connectivity index (χ1n) is 8.47. The van der Waals surface area contributed by atoms with E-state index in [1.165, 1.54) is 11.3 Å². The number of esters is 2. The summed E-state index contributed by atoms with van der Waals surface area (Å²) < 4.78 is 10.1. The van der Waals surface area contributed by atoms with Crippen LogP contribution in [0, 0.1) is 5.92 Å². The molecule has 0 aromatic carbocycles. The van der Waals surface area contributed by atoms with Crippen LogP contribution in [-0.4, -0.2) is 60.6 Å². The molecule has 1 aliphatic heterocycles. The fourth-order valence-electron chi connectivity index (χ4n) is 2.53. The molecule has 1 aromatic rings. The molecule has 8 nitrogen and oxygen atoms in total. The Morgan fingerprint density at radius 1 is 1.38 bits per heavy atom. The summed E-state index contributed by atoms with van der Waals surface area (Å²) in [7, 11) is 0. The maximum Gasteiger partial charge on any atom is 0.358 e. The molecule has 9 heteroatoms. The molecule has 0 atom stereocenters. The Hall–Kier alpha value is -2.42. The first-order valence-corrected chi connectivity index (χ1v) is 9.35. The number of carbonyl (C=O) groups excluding carboxylic acids is 3. The molecule has 0 aliphatic carbocycles. The normalized spacial score (nSPS) is 14.6. The molecule has 2 rings (SSSR count). The number of likely N-dealkylation sites (tertiary alicyclic amines) is 1. The Morgan fingerprint density at radius 2 is 2.12 bits per heavy atom. The van der Waals surface area contributed by atoms with Crippen molar-refractivity contribution in [2.75, 3.05) is 38.2 Å². The average molecular weight is 381 g/mol. The number of ether oxygens (including phenoxy) is 2. The van der Waals surface area contributed by atoms with Gasteiger partial charge in [0, 0.05) is 25.0 Å². The molecule has 2 heterocycles. The monoisotopic (exact) mass is 381 g/mol. The van der Waals surface area contributed by atoms with E-state index in [9.17, 15) is 14.4 Å². The van der Waals surface area contributed by atoms with Crippen molar-refractivity contribution < 1.29 is 23.9 Å². The molecule has 1 aromatic heterocycles. The van der Waals surface area contributed by atoms with E-state index in [2.05, 4.69) is 16.9 Å². The van der Waals surface area contributed by atoms with Crippen LogP contribution < -0.4 is 5.32 Å². The molecule has 0 saturated carbocycles. The summed E-state index contributed by atoms with van der Waals surface area (Å²) in [6.45, 7) is 6.82. The van der Waals surface area contributed by atoms with Crippen molar-refractivity contribution in [2.45, 2.75) is 19.8 Å². The highest BCUT2D eigenvalue weighted by Crippen LogP contribution is 2.19. The summed E-state index contributed by atoms with van der Waals surface area (Å²) in [5, 5.41) is 5.14. The van der Waals surface area contributed by atoms with Crippen LogP contribution in [0.15, 0.2) is 18.0 Å². The first-order chi connectivity index (χ1) is 12.5. The first kappa shape index (κ1) is 19.9. The summed E-state index contributed by atoms with van der Waals surface area (Å²) in [6.07, 6.45) is 2.80. The number of thiazole rings is 1. The second-order valence-electron chi connectivity index (χ2n) is 5.69. The zero-order valence-electron chi connectivity index (χ0n) is 14.7. The van der Waals surface area contributed by atoms with Crippen LogP contribution >= 0.6 is 11.3 Å². The zero-order chi connectivity index (χ0) is 18.9. The van der Waals surface area contributed by atoms with Gasteiger partial charge in [0.15, 0.2) is 17.4 Å². The molecule has 1 saturated heterocycles. The van der Waals surface area contributed by atoms with Crippen molar-refractivity contribution >= 4 is 34.3 Å². The standard InChI is InChI=1S/C17H23N3O5S/c1-3-7-18-17-19-13(11-26-17)16(23)25-10-14(21)20-8-5-12(6-9-20)15(22)24-4-2/h3,11-12H,1,4-10H2,2H3,(H,18,19). The van der Waals surface area contributed by atoms with Gasteiger partial charge in [0.25, 0.3) is 5.91 Å². The van der Waals surface area contributed by atoms with Gasteiger partial charge in [0.2, 0.25) is 0 Å². The summed E-state index contributed by atoms with van der Waals surface area (Å²) in [5.41, 5.74) is 0.162. The minimum Gasteiger partial charge on any atom is -0.466 e. The van der Waals surface area contributed by atoms with Crippen LogP contribution in [0.4, 0.5) is 5.13 Å². The SMILES string of the molecule is C=CCNc1nc(C(=O)OCC(=O)N2CCC(C(=O)OCC)CC2)cs1. The molecule has 0 unspecified atom stereocenters. The van der Waals surface area contributed by atoms with Crippen LogP contribution in [-0.2, 0) is 19.1 Å². The summed E-state index contributed by atoms with van der Waals surface area (Å²) >= 11 is 1.28. The Labute approximate surface area is 156 Å². The molecule has 0 bridgehead atoms. The lowest BCUT2D eigenvalue weighted by molar-refractivity contribution is -0.151. The Balaban J connectivity index is 1.74. The molecule has 26 heavy (non-hydrogen) atoms. The molecular formula is C17H23N3O5S. The van der Waals surface area contributed by atoms with E-state index in [0.717, 1.165) is 0 Å². The predicted octanol–water partition coefficient (Wildman–Crippen LogP) is 1.70. The van der Waals surface area contributed by atoms with E-state index in [-0.39, 0.29) is 30.1 Å². The highest BCUT2D eigenvalue weighted by Gasteiger charge is 2.28. The van der Waals surface area contributed by atoms with E-state index >= 15 is 0 Å². The topological polar surface area (TPSA) is 97.8 Å². The third-order valence-electron chi connectivity index (χ3n) is 3.91. The fourth-order valence-corrected chi connectivity index (χ4v) is 3.22. The number of piperidine rings is 1.